The fourth-order valence-electron chi connectivity index (χ4n) is 1.98. The first kappa shape index (κ1) is 13.9. The van der Waals surface area contributed by atoms with Crippen LogP contribution in [0.25, 0.3) is 20.3 Å². The fourth-order valence-corrected chi connectivity index (χ4v) is 4.56. The molecule has 1 aromatic carbocycles. The van der Waals surface area contributed by atoms with Gasteiger partial charge in [-0.2, -0.15) is 0 Å². The van der Waals surface area contributed by atoms with Crippen molar-refractivity contribution in [3.63, 3.8) is 0 Å². The summed E-state index contributed by atoms with van der Waals surface area (Å²) in [4.78, 5) is 7.26. The largest absolute Gasteiger partial charge is 0.314 e. The normalized spacial score (nSPS) is 10.9. The van der Waals surface area contributed by atoms with Gasteiger partial charge in [-0.05, 0) is 34.6 Å². The van der Waals surface area contributed by atoms with Crippen molar-refractivity contribution in [2.24, 2.45) is 0 Å². The van der Waals surface area contributed by atoms with E-state index < -0.39 is 0 Å². The number of nitrogens with zero attached hydrogens (tertiary/aromatic N) is 1. The van der Waals surface area contributed by atoms with Crippen LogP contribution in [0.2, 0.25) is 0 Å². The van der Waals surface area contributed by atoms with Crippen LogP contribution in [0.3, 0.4) is 0 Å². The van der Waals surface area contributed by atoms with Crippen molar-refractivity contribution in [3.05, 3.63) is 51.9 Å². The quantitative estimate of drug-likeness (QED) is 0.702. The van der Waals surface area contributed by atoms with Crippen LogP contribution in [0.1, 0.15) is 5.69 Å². The molecule has 0 fully saturated rings. The van der Waals surface area contributed by atoms with E-state index in [9.17, 15) is 0 Å². The third kappa shape index (κ3) is 2.86. The minimum absolute atomic E-state index is 0.785. The summed E-state index contributed by atoms with van der Waals surface area (Å²) in [7, 11) is 1.95. The fraction of sp³-hybridized carbons (Fsp3) is 0.133. The van der Waals surface area contributed by atoms with E-state index in [1.54, 1.807) is 22.7 Å². The molecule has 0 saturated heterocycles. The van der Waals surface area contributed by atoms with Crippen LogP contribution >= 0.6 is 38.6 Å². The van der Waals surface area contributed by atoms with Crippen LogP contribution in [0.15, 0.2) is 46.3 Å². The number of benzene rings is 1. The molecule has 0 radical (unpaired) electrons. The molecule has 0 aliphatic heterocycles. The first-order chi connectivity index (χ1) is 9.78. The molecule has 3 rings (SSSR count). The Kier molecular flexibility index (Phi) is 4.31. The van der Waals surface area contributed by atoms with Crippen LogP contribution in [-0.2, 0) is 6.54 Å². The Labute approximate surface area is 134 Å². The Morgan fingerprint density at radius 1 is 1.25 bits per heavy atom. The number of nitrogens with one attached hydrogen (secondary N) is 1. The van der Waals surface area contributed by atoms with E-state index in [2.05, 4.69) is 57.0 Å². The van der Waals surface area contributed by atoms with Gasteiger partial charge in [0.15, 0.2) is 0 Å². The summed E-state index contributed by atoms with van der Waals surface area (Å²) in [6.45, 7) is 0.785. The van der Waals surface area contributed by atoms with Gasteiger partial charge in [0.25, 0.3) is 0 Å². The van der Waals surface area contributed by atoms with E-state index in [1.807, 2.05) is 13.1 Å². The third-order valence-electron chi connectivity index (χ3n) is 2.86. The zero-order chi connectivity index (χ0) is 13.9. The maximum Gasteiger partial charge on any atom is 0.134 e. The number of hydrogen-bond donors (Lipinski definition) is 1. The molecule has 2 nitrogen and oxygen atoms in total. The van der Waals surface area contributed by atoms with Gasteiger partial charge in [0, 0.05) is 16.4 Å². The van der Waals surface area contributed by atoms with E-state index in [-0.39, 0.29) is 0 Å². The van der Waals surface area contributed by atoms with Crippen molar-refractivity contribution in [2.45, 2.75) is 6.54 Å². The van der Waals surface area contributed by atoms with Gasteiger partial charge >= 0.3 is 0 Å². The second-order valence-electron chi connectivity index (χ2n) is 4.32. The number of rotatable bonds is 4. The molecule has 0 amide bonds. The molecule has 2 aromatic heterocycles. The zero-order valence-electron chi connectivity index (χ0n) is 10.9. The van der Waals surface area contributed by atoms with Gasteiger partial charge in [-0.25, -0.2) is 4.98 Å². The molecule has 3 aromatic rings. The van der Waals surface area contributed by atoms with Gasteiger partial charge in [-0.1, -0.05) is 30.3 Å². The Hall–Kier alpha value is -1.01. The monoisotopic (exact) mass is 364 g/mol. The van der Waals surface area contributed by atoms with Crippen molar-refractivity contribution in [1.82, 2.24) is 10.3 Å². The molecule has 0 spiro atoms. The Bertz CT molecular complexity index is 704. The molecule has 0 saturated carbocycles. The highest BCUT2D eigenvalue weighted by molar-refractivity contribution is 9.10. The second kappa shape index (κ2) is 6.18. The standard InChI is InChI=1S/C15H13BrN2S2/c1-17-8-12-14(10-5-3-2-4-6-10)20-15(18-12)13-7-11(16)9-19-13/h2-7,9,17H,8H2,1H3. The van der Waals surface area contributed by atoms with Crippen molar-refractivity contribution >= 4 is 38.6 Å². The number of thiazole rings is 1. The molecule has 0 unspecified atom stereocenters. The van der Waals surface area contributed by atoms with Crippen LogP contribution in [-0.4, -0.2) is 12.0 Å². The summed E-state index contributed by atoms with van der Waals surface area (Å²) in [6.07, 6.45) is 0. The summed E-state index contributed by atoms with van der Waals surface area (Å²) in [6, 6.07) is 12.6. The minimum atomic E-state index is 0.785. The summed E-state index contributed by atoms with van der Waals surface area (Å²) >= 11 is 6.98. The average Bonchev–Trinajstić information content (AvgIpc) is 3.07. The molecule has 0 aliphatic rings. The molecule has 102 valence electrons. The molecule has 2 heterocycles. The van der Waals surface area contributed by atoms with Crippen LogP contribution in [0.5, 0.6) is 0 Å². The van der Waals surface area contributed by atoms with Gasteiger partial charge in [0.2, 0.25) is 0 Å². The zero-order valence-corrected chi connectivity index (χ0v) is 14.1. The van der Waals surface area contributed by atoms with E-state index in [1.165, 1.54) is 15.3 Å². The molecular formula is C15H13BrN2S2. The molecule has 0 atom stereocenters. The van der Waals surface area contributed by atoms with Crippen LogP contribution in [0.4, 0.5) is 0 Å². The van der Waals surface area contributed by atoms with E-state index in [4.69, 9.17) is 4.98 Å². The van der Waals surface area contributed by atoms with Crippen molar-refractivity contribution in [1.29, 1.82) is 0 Å². The number of aromatic nitrogens is 1. The van der Waals surface area contributed by atoms with Crippen molar-refractivity contribution < 1.29 is 0 Å². The molecule has 0 bridgehead atoms. The Morgan fingerprint density at radius 3 is 2.70 bits per heavy atom. The first-order valence-electron chi connectivity index (χ1n) is 6.22. The van der Waals surface area contributed by atoms with Gasteiger partial charge in [0.1, 0.15) is 5.01 Å². The van der Waals surface area contributed by atoms with Gasteiger partial charge in [-0.15, -0.1) is 22.7 Å². The topological polar surface area (TPSA) is 24.9 Å². The van der Waals surface area contributed by atoms with Crippen molar-refractivity contribution in [3.8, 4) is 20.3 Å². The number of thiophene rings is 1. The van der Waals surface area contributed by atoms with Crippen LogP contribution in [0, 0.1) is 0 Å². The molecule has 20 heavy (non-hydrogen) atoms. The maximum atomic E-state index is 4.81. The molecular weight excluding hydrogens is 352 g/mol. The molecule has 5 heteroatoms. The molecule has 0 aliphatic carbocycles. The third-order valence-corrected chi connectivity index (χ3v) is 5.86. The summed E-state index contributed by atoms with van der Waals surface area (Å²) in [5, 5.41) is 6.38. The van der Waals surface area contributed by atoms with Gasteiger partial charge in [-0.3, -0.25) is 0 Å². The SMILES string of the molecule is CNCc1nc(-c2cc(Br)cs2)sc1-c1ccccc1. The van der Waals surface area contributed by atoms with Gasteiger partial charge < -0.3 is 5.32 Å². The smallest absolute Gasteiger partial charge is 0.134 e. The van der Waals surface area contributed by atoms with Crippen LogP contribution < -0.4 is 5.32 Å². The van der Waals surface area contributed by atoms with Gasteiger partial charge in [0.05, 0.1) is 15.4 Å². The Morgan fingerprint density at radius 2 is 2.05 bits per heavy atom. The lowest BCUT2D eigenvalue weighted by Crippen LogP contribution is -2.06. The van der Waals surface area contributed by atoms with E-state index in [0.717, 1.165) is 21.7 Å². The second-order valence-corrected chi connectivity index (χ2v) is 7.15. The number of hydrogen-bond acceptors (Lipinski definition) is 4. The average molecular weight is 365 g/mol. The van der Waals surface area contributed by atoms with E-state index >= 15 is 0 Å². The highest BCUT2D eigenvalue weighted by Crippen LogP contribution is 2.38. The highest BCUT2D eigenvalue weighted by Gasteiger charge is 2.14. The Balaban J connectivity index is 2.07. The predicted octanol–water partition coefficient (Wildman–Crippen LogP) is 5.02. The van der Waals surface area contributed by atoms with E-state index in [0.29, 0.717) is 0 Å². The minimum Gasteiger partial charge on any atom is -0.314 e. The number of halogens is 1. The lowest BCUT2D eigenvalue weighted by molar-refractivity contribution is 0.800. The first-order valence-corrected chi connectivity index (χ1v) is 8.71. The summed E-state index contributed by atoms with van der Waals surface area (Å²) < 4.78 is 1.11. The predicted molar refractivity (Wildman–Crippen MR) is 91.3 cm³/mol. The van der Waals surface area contributed by atoms with Crippen molar-refractivity contribution in [2.75, 3.05) is 7.05 Å². The molecule has 1 N–H and O–H groups in total. The summed E-state index contributed by atoms with van der Waals surface area (Å²) in [5.74, 6) is 0. The highest BCUT2D eigenvalue weighted by atomic mass is 79.9. The lowest BCUT2D eigenvalue weighted by atomic mass is 10.1. The summed E-state index contributed by atoms with van der Waals surface area (Å²) in [5.41, 5.74) is 2.35. The lowest BCUT2D eigenvalue weighted by Gasteiger charge is -2.00. The maximum absolute atomic E-state index is 4.81.